The summed E-state index contributed by atoms with van der Waals surface area (Å²) in [5, 5.41) is 0. The predicted molar refractivity (Wildman–Crippen MR) is 74.3 cm³/mol. The van der Waals surface area contributed by atoms with E-state index in [9.17, 15) is 0 Å². The monoisotopic (exact) mass is 238 g/mol. The van der Waals surface area contributed by atoms with Crippen molar-refractivity contribution in [3.8, 4) is 0 Å². The van der Waals surface area contributed by atoms with E-state index in [-0.39, 0.29) is 0 Å². The van der Waals surface area contributed by atoms with Crippen LogP contribution in [0.3, 0.4) is 0 Å². The molecule has 0 aromatic rings. The highest BCUT2D eigenvalue weighted by molar-refractivity contribution is 4.86. The molecule has 0 aromatic heterocycles. The van der Waals surface area contributed by atoms with Crippen LogP contribution in [0, 0.1) is 5.92 Å². The lowest BCUT2D eigenvalue weighted by molar-refractivity contribution is 0.0431. The third-order valence-electron chi connectivity index (χ3n) is 4.75. The lowest BCUT2D eigenvalue weighted by atomic mass is 9.93. The largest absolute Gasteiger partial charge is 0.300 e. The van der Waals surface area contributed by atoms with Crippen LogP contribution in [0.4, 0.5) is 0 Å². The number of piperidine rings is 2. The Kier molecular flexibility index (Phi) is 4.14. The van der Waals surface area contributed by atoms with Crippen LogP contribution in [0.2, 0.25) is 0 Å². The van der Waals surface area contributed by atoms with Crippen LogP contribution in [0.5, 0.6) is 0 Å². The summed E-state index contributed by atoms with van der Waals surface area (Å²) in [5.74, 6) is 0.959. The lowest BCUT2D eigenvalue weighted by Gasteiger charge is -2.45. The fraction of sp³-hybridized carbons (Fsp3) is 1.00. The van der Waals surface area contributed by atoms with Gasteiger partial charge in [0.2, 0.25) is 0 Å². The van der Waals surface area contributed by atoms with E-state index in [4.69, 9.17) is 0 Å². The zero-order valence-electron chi connectivity index (χ0n) is 12.2. The highest BCUT2D eigenvalue weighted by Gasteiger charge is 2.30. The zero-order valence-corrected chi connectivity index (χ0v) is 12.2. The molecular weight excluding hydrogens is 208 g/mol. The minimum absolute atomic E-state index is 0.362. The van der Waals surface area contributed by atoms with Crippen molar-refractivity contribution in [1.82, 2.24) is 9.80 Å². The lowest BCUT2D eigenvalue weighted by Crippen LogP contribution is -2.52. The average molecular weight is 238 g/mol. The molecule has 2 rings (SSSR count). The molecule has 0 saturated carbocycles. The molecule has 0 aliphatic carbocycles. The molecule has 0 radical (unpaired) electrons. The minimum atomic E-state index is 0.362. The summed E-state index contributed by atoms with van der Waals surface area (Å²) in [6.07, 6.45) is 5.59. The molecule has 2 heterocycles. The molecule has 0 atom stereocenters. The third kappa shape index (κ3) is 3.45. The third-order valence-corrected chi connectivity index (χ3v) is 4.75. The van der Waals surface area contributed by atoms with Crippen molar-refractivity contribution >= 4 is 0 Å². The van der Waals surface area contributed by atoms with Crippen LogP contribution in [0.25, 0.3) is 0 Å². The first-order valence-electron chi connectivity index (χ1n) is 7.46. The molecule has 0 amide bonds. The second kappa shape index (κ2) is 5.27. The van der Waals surface area contributed by atoms with E-state index in [1.54, 1.807) is 0 Å². The van der Waals surface area contributed by atoms with Crippen molar-refractivity contribution in [3.63, 3.8) is 0 Å². The van der Waals surface area contributed by atoms with Crippen LogP contribution < -0.4 is 0 Å². The Bertz CT molecular complexity index is 228. The first-order valence-corrected chi connectivity index (χ1v) is 7.46. The highest BCUT2D eigenvalue weighted by atomic mass is 15.2. The van der Waals surface area contributed by atoms with Crippen molar-refractivity contribution in [2.45, 2.75) is 65.0 Å². The van der Waals surface area contributed by atoms with E-state index in [0.29, 0.717) is 5.54 Å². The molecule has 2 saturated heterocycles. The van der Waals surface area contributed by atoms with Gasteiger partial charge in [-0.3, -0.25) is 4.90 Å². The van der Waals surface area contributed by atoms with E-state index >= 15 is 0 Å². The van der Waals surface area contributed by atoms with Gasteiger partial charge in [0.25, 0.3) is 0 Å². The average Bonchev–Trinajstić information content (AvgIpc) is 2.29. The molecule has 2 aliphatic rings. The first-order chi connectivity index (χ1) is 7.97. The minimum Gasteiger partial charge on any atom is -0.300 e. The number of hydrogen-bond acceptors (Lipinski definition) is 2. The van der Waals surface area contributed by atoms with Gasteiger partial charge in [-0.2, -0.15) is 0 Å². The molecule has 0 bridgehead atoms. The number of hydrogen-bond donors (Lipinski definition) is 0. The summed E-state index contributed by atoms with van der Waals surface area (Å²) in [7, 11) is 0. The molecule has 17 heavy (non-hydrogen) atoms. The fourth-order valence-corrected chi connectivity index (χ4v) is 3.30. The molecule has 2 fully saturated rings. The van der Waals surface area contributed by atoms with E-state index in [1.165, 1.54) is 51.9 Å². The molecule has 0 spiro atoms. The van der Waals surface area contributed by atoms with Gasteiger partial charge in [-0.1, -0.05) is 6.92 Å². The van der Waals surface area contributed by atoms with Gasteiger partial charge in [-0.15, -0.1) is 0 Å². The van der Waals surface area contributed by atoms with E-state index in [2.05, 4.69) is 37.5 Å². The second-order valence-corrected chi connectivity index (χ2v) is 7.11. The van der Waals surface area contributed by atoms with Crippen molar-refractivity contribution in [2.75, 3.05) is 26.2 Å². The number of nitrogens with zero attached hydrogens (tertiary/aromatic N) is 2. The van der Waals surface area contributed by atoms with Crippen LogP contribution >= 0.6 is 0 Å². The molecule has 2 heteroatoms. The van der Waals surface area contributed by atoms with E-state index < -0.39 is 0 Å². The van der Waals surface area contributed by atoms with Crippen LogP contribution in [0.15, 0.2) is 0 Å². The summed E-state index contributed by atoms with van der Waals surface area (Å²) < 4.78 is 0. The van der Waals surface area contributed by atoms with Crippen LogP contribution in [0.1, 0.15) is 53.4 Å². The summed E-state index contributed by atoms with van der Waals surface area (Å²) >= 11 is 0. The van der Waals surface area contributed by atoms with Gasteiger partial charge in [-0.25, -0.2) is 0 Å². The Morgan fingerprint density at radius 1 is 0.824 bits per heavy atom. The van der Waals surface area contributed by atoms with Crippen molar-refractivity contribution in [3.05, 3.63) is 0 Å². The van der Waals surface area contributed by atoms with Gasteiger partial charge in [0.1, 0.15) is 0 Å². The Labute approximate surface area is 107 Å². The summed E-state index contributed by atoms with van der Waals surface area (Å²) in [6, 6.07) is 0.876. The zero-order chi connectivity index (χ0) is 12.5. The van der Waals surface area contributed by atoms with Gasteiger partial charge in [0.15, 0.2) is 0 Å². The molecule has 0 N–H and O–H groups in total. The summed E-state index contributed by atoms with van der Waals surface area (Å²) in [6.45, 7) is 14.7. The van der Waals surface area contributed by atoms with Crippen molar-refractivity contribution < 1.29 is 0 Å². The Morgan fingerprint density at radius 3 is 1.82 bits per heavy atom. The van der Waals surface area contributed by atoms with Gasteiger partial charge in [0.05, 0.1) is 0 Å². The molecule has 2 aliphatic heterocycles. The molecular formula is C15H30N2. The maximum Gasteiger partial charge on any atom is 0.0125 e. The quantitative estimate of drug-likeness (QED) is 0.693. The summed E-state index contributed by atoms with van der Waals surface area (Å²) in [4.78, 5) is 5.41. The Morgan fingerprint density at radius 2 is 1.35 bits per heavy atom. The van der Waals surface area contributed by atoms with Gasteiger partial charge >= 0.3 is 0 Å². The molecule has 100 valence electrons. The Hall–Kier alpha value is -0.0800. The summed E-state index contributed by atoms with van der Waals surface area (Å²) in [5.41, 5.74) is 0.362. The maximum atomic E-state index is 2.76. The second-order valence-electron chi connectivity index (χ2n) is 7.11. The number of rotatable bonds is 1. The van der Waals surface area contributed by atoms with Crippen LogP contribution in [-0.2, 0) is 0 Å². The topological polar surface area (TPSA) is 6.48 Å². The van der Waals surface area contributed by atoms with E-state index in [1.807, 2.05) is 0 Å². The fourth-order valence-electron chi connectivity index (χ4n) is 3.30. The van der Waals surface area contributed by atoms with Crippen molar-refractivity contribution in [1.29, 1.82) is 0 Å². The first kappa shape index (κ1) is 13.4. The van der Waals surface area contributed by atoms with Gasteiger partial charge < -0.3 is 4.90 Å². The number of likely N-dealkylation sites (tertiary alicyclic amines) is 2. The predicted octanol–water partition coefficient (Wildman–Crippen LogP) is 2.98. The molecule has 2 nitrogen and oxygen atoms in total. The molecule has 0 unspecified atom stereocenters. The van der Waals surface area contributed by atoms with Gasteiger partial charge in [0, 0.05) is 24.7 Å². The smallest absolute Gasteiger partial charge is 0.0125 e. The van der Waals surface area contributed by atoms with Crippen molar-refractivity contribution in [2.24, 2.45) is 5.92 Å². The Balaban J connectivity index is 1.79. The maximum absolute atomic E-state index is 2.76. The van der Waals surface area contributed by atoms with Gasteiger partial charge in [-0.05, 0) is 65.5 Å². The van der Waals surface area contributed by atoms with E-state index in [0.717, 1.165) is 12.0 Å². The van der Waals surface area contributed by atoms with Crippen LogP contribution in [-0.4, -0.2) is 47.6 Å². The highest BCUT2D eigenvalue weighted by Crippen LogP contribution is 2.26. The normalized spacial score (nSPS) is 27.5. The molecule has 0 aromatic carbocycles. The SMILES string of the molecule is CC1CCN(C2CCN(C(C)(C)C)CC2)CC1. The standard InChI is InChI=1S/C15H30N2/c1-13-5-9-16(10-6-13)14-7-11-17(12-8-14)15(2,3)4/h13-14H,5-12H2,1-4H3.